The van der Waals surface area contributed by atoms with Gasteiger partial charge in [0.1, 0.15) is 4.60 Å². The zero-order valence-corrected chi connectivity index (χ0v) is 7.13. The molecule has 0 bridgehead atoms. The highest BCUT2D eigenvalue weighted by Crippen LogP contribution is 2.10. The van der Waals surface area contributed by atoms with Crippen LogP contribution in [0.1, 0.15) is 17.5 Å². The van der Waals surface area contributed by atoms with Crippen molar-refractivity contribution in [3.8, 4) is 0 Å². The molecular formula is C6H7BrN2O. The van der Waals surface area contributed by atoms with Crippen LogP contribution in [0.3, 0.4) is 0 Å². The first kappa shape index (κ1) is 7.47. The topological polar surface area (TPSA) is 34.9 Å². The molecule has 0 aliphatic rings. The highest BCUT2D eigenvalue weighted by molar-refractivity contribution is 9.10. The Kier molecular flexibility index (Phi) is 2.21. The van der Waals surface area contributed by atoms with Crippen LogP contribution in [0.2, 0.25) is 0 Å². The molecule has 1 heterocycles. The van der Waals surface area contributed by atoms with Gasteiger partial charge in [0, 0.05) is 6.54 Å². The molecule has 54 valence electrons. The van der Waals surface area contributed by atoms with Crippen molar-refractivity contribution >= 4 is 22.2 Å². The molecule has 10 heavy (non-hydrogen) atoms. The van der Waals surface area contributed by atoms with Gasteiger partial charge in [0.15, 0.2) is 12.1 Å². The lowest BCUT2D eigenvalue weighted by Crippen LogP contribution is -1.99. The van der Waals surface area contributed by atoms with Gasteiger partial charge in [-0.3, -0.25) is 4.79 Å². The van der Waals surface area contributed by atoms with E-state index in [2.05, 4.69) is 20.9 Å². The van der Waals surface area contributed by atoms with Gasteiger partial charge < -0.3 is 4.57 Å². The summed E-state index contributed by atoms with van der Waals surface area (Å²) in [6.45, 7) is 2.72. The maximum absolute atomic E-state index is 10.3. The maximum atomic E-state index is 10.3. The van der Waals surface area contributed by atoms with E-state index in [9.17, 15) is 4.79 Å². The highest BCUT2D eigenvalue weighted by Gasteiger charge is 2.02. The van der Waals surface area contributed by atoms with E-state index in [0.717, 1.165) is 17.4 Å². The summed E-state index contributed by atoms with van der Waals surface area (Å²) in [5.41, 5.74) is 0. The number of hydrogen-bond acceptors (Lipinski definition) is 2. The predicted octanol–water partition coefficient (Wildman–Crippen LogP) is 1.48. The molecule has 0 radical (unpaired) electrons. The van der Waals surface area contributed by atoms with E-state index in [0.29, 0.717) is 5.82 Å². The number of nitrogens with zero attached hydrogens (tertiary/aromatic N) is 2. The quantitative estimate of drug-likeness (QED) is 0.682. The molecule has 0 atom stereocenters. The van der Waals surface area contributed by atoms with Crippen LogP contribution in [-0.2, 0) is 6.54 Å². The molecule has 0 aliphatic carbocycles. The van der Waals surface area contributed by atoms with Crippen molar-refractivity contribution in [1.29, 1.82) is 0 Å². The van der Waals surface area contributed by atoms with E-state index in [1.807, 2.05) is 6.92 Å². The standard InChI is InChI=1S/C6H7BrN2O/c1-2-9-5(7)3-8-6(9)4-10/h3-4H,2H2,1H3. The normalized spacial score (nSPS) is 9.80. The van der Waals surface area contributed by atoms with Gasteiger partial charge in [-0.2, -0.15) is 0 Å². The number of carbonyl (C=O) groups excluding carboxylic acids is 1. The summed E-state index contributed by atoms with van der Waals surface area (Å²) in [5.74, 6) is 0.467. The SMILES string of the molecule is CCn1c(Br)cnc1C=O. The molecule has 1 aromatic rings. The zero-order valence-electron chi connectivity index (χ0n) is 5.54. The van der Waals surface area contributed by atoms with Gasteiger partial charge in [0.2, 0.25) is 0 Å². The van der Waals surface area contributed by atoms with Gasteiger partial charge in [0.25, 0.3) is 0 Å². The van der Waals surface area contributed by atoms with E-state index < -0.39 is 0 Å². The Bertz CT molecular complexity index is 244. The van der Waals surface area contributed by atoms with Crippen LogP contribution in [0, 0.1) is 0 Å². The molecule has 0 amide bonds. The largest absolute Gasteiger partial charge is 0.317 e. The van der Waals surface area contributed by atoms with Gasteiger partial charge in [-0.25, -0.2) is 4.98 Å². The third-order valence-electron chi connectivity index (χ3n) is 1.26. The number of rotatable bonds is 2. The number of halogens is 1. The summed E-state index contributed by atoms with van der Waals surface area (Å²) < 4.78 is 2.63. The monoisotopic (exact) mass is 202 g/mol. The summed E-state index contributed by atoms with van der Waals surface area (Å²) in [6.07, 6.45) is 2.36. The first-order valence-electron chi connectivity index (χ1n) is 2.95. The fraction of sp³-hybridized carbons (Fsp3) is 0.333. The van der Waals surface area contributed by atoms with Crippen LogP contribution < -0.4 is 0 Å². The molecule has 0 saturated heterocycles. The molecule has 0 aliphatic heterocycles. The molecule has 0 unspecified atom stereocenters. The molecule has 0 N–H and O–H groups in total. The second-order valence-corrected chi connectivity index (χ2v) is 2.61. The summed E-state index contributed by atoms with van der Waals surface area (Å²) in [4.78, 5) is 14.1. The van der Waals surface area contributed by atoms with Crippen LogP contribution in [0.25, 0.3) is 0 Å². The van der Waals surface area contributed by atoms with Crippen molar-refractivity contribution in [2.24, 2.45) is 0 Å². The molecule has 0 aromatic carbocycles. The Labute approximate surface area is 67.2 Å². The van der Waals surface area contributed by atoms with Crippen LogP contribution >= 0.6 is 15.9 Å². The Balaban J connectivity index is 3.12. The van der Waals surface area contributed by atoms with Crippen LogP contribution in [0.5, 0.6) is 0 Å². The third-order valence-corrected chi connectivity index (χ3v) is 1.89. The second kappa shape index (κ2) is 2.96. The Morgan fingerprint density at radius 3 is 3.00 bits per heavy atom. The zero-order chi connectivity index (χ0) is 7.56. The van der Waals surface area contributed by atoms with E-state index in [1.165, 1.54) is 0 Å². The molecule has 1 rings (SSSR count). The molecule has 1 aromatic heterocycles. The number of aromatic nitrogens is 2. The van der Waals surface area contributed by atoms with Crippen molar-refractivity contribution < 1.29 is 4.79 Å². The fourth-order valence-electron chi connectivity index (χ4n) is 0.775. The number of aldehydes is 1. The first-order valence-corrected chi connectivity index (χ1v) is 3.75. The molecule has 4 heteroatoms. The fourth-order valence-corrected chi connectivity index (χ4v) is 1.31. The molecule has 0 saturated carbocycles. The minimum atomic E-state index is 0.467. The Hall–Kier alpha value is -0.640. The minimum absolute atomic E-state index is 0.467. The smallest absolute Gasteiger partial charge is 0.185 e. The van der Waals surface area contributed by atoms with Gasteiger partial charge in [-0.05, 0) is 22.9 Å². The second-order valence-electron chi connectivity index (χ2n) is 1.80. The number of imidazole rings is 1. The van der Waals surface area contributed by atoms with Crippen molar-refractivity contribution in [1.82, 2.24) is 9.55 Å². The van der Waals surface area contributed by atoms with Gasteiger partial charge in [-0.1, -0.05) is 0 Å². The predicted molar refractivity (Wildman–Crippen MR) is 41.0 cm³/mol. The van der Waals surface area contributed by atoms with Crippen molar-refractivity contribution in [2.75, 3.05) is 0 Å². The van der Waals surface area contributed by atoms with Gasteiger partial charge in [0.05, 0.1) is 6.20 Å². The van der Waals surface area contributed by atoms with E-state index in [1.54, 1.807) is 10.8 Å². The van der Waals surface area contributed by atoms with Gasteiger partial charge >= 0.3 is 0 Å². The van der Waals surface area contributed by atoms with Crippen molar-refractivity contribution in [3.05, 3.63) is 16.6 Å². The highest BCUT2D eigenvalue weighted by atomic mass is 79.9. The lowest BCUT2D eigenvalue weighted by atomic mass is 10.6. The average molecular weight is 203 g/mol. The maximum Gasteiger partial charge on any atom is 0.185 e. The van der Waals surface area contributed by atoms with Crippen LogP contribution in [0.15, 0.2) is 10.8 Å². The van der Waals surface area contributed by atoms with Crippen LogP contribution in [-0.4, -0.2) is 15.8 Å². The summed E-state index contributed by atoms with van der Waals surface area (Å²) in [6, 6.07) is 0. The number of hydrogen-bond donors (Lipinski definition) is 0. The van der Waals surface area contributed by atoms with E-state index in [4.69, 9.17) is 0 Å². The number of carbonyl (C=O) groups is 1. The van der Waals surface area contributed by atoms with Crippen molar-refractivity contribution in [3.63, 3.8) is 0 Å². The third kappa shape index (κ3) is 1.11. The summed E-state index contributed by atoms with van der Waals surface area (Å²) >= 11 is 3.26. The first-order chi connectivity index (χ1) is 4.79. The van der Waals surface area contributed by atoms with E-state index in [-0.39, 0.29) is 0 Å². The molecule has 0 fully saturated rings. The summed E-state index contributed by atoms with van der Waals surface area (Å²) in [7, 11) is 0. The molecule has 0 spiro atoms. The Morgan fingerprint density at radius 2 is 2.60 bits per heavy atom. The Morgan fingerprint density at radius 1 is 1.90 bits per heavy atom. The van der Waals surface area contributed by atoms with Crippen molar-refractivity contribution in [2.45, 2.75) is 13.5 Å². The molecule has 3 nitrogen and oxygen atoms in total. The summed E-state index contributed by atoms with van der Waals surface area (Å²) in [5, 5.41) is 0. The average Bonchev–Trinajstić information content (AvgIpc) is 2.30. The molecular weight excluding hydrogens is 196 g/mol. The van der Waals surface area contributed by atoms with Gasteiger partial charge in [-0.15, -0.1) is 0 Å². The van der Waals surface area contributed by atoms with E-state index >= 15 is 0 Å². The van der Waals surface area contributed by atoms with Crippen LogP contribution in [0.4, 0.5) is 0 Å². The minimum Gasteiger partial charge on any atom is -0.317 e. The lowest BCUT2D eigenvalue weighted by molar-refractivity contribution is 0.111. The lowest BCUT2D eigenvalue weighted by Gasteiger charge is -1.98.